The van der Waals surface area contributed by atoms with Gasteiger partial charge < -0.3 is 15.0 Å². The lowest BCUT2D eigenvalue weighted by atomic mass is 10.2. The molecule has 5 heteroatoms. The van der Waals surface area contributed by atoms with Gasteiger partial charge >= 0.3 is 0 Å². The van der Waals surface area contributed by atoms with E-state index < -0.39 is 0 Å². The van der Waals surface area contributed by atoms with Crippen LogP contribution in [0.4, 0.5) is 5.82 Å². The van der Waals surface area contributed by atoms with E-state index in [4.69, 9.17) is 4.74 Å². The zero-order chi connectivity index (χ0) is 12.7. The Bertz CT molecular complexity index is 369. The fourth-order valence-electron chi connectivity index (χ4n) is 1.55. The Morgan fingerprint density at radius 1 is 1.59 bits per heavy atom. The fourth-order valence-corrected chi connectivity index (χ4v) is 1.55. The lowest BCUT2D eigenvalue weighted by Crippen LogP contribution is -2.34. The number of nitrogens with zero attached hydrogens (tertiary/aromatic N) is 2. The minimum Gasteiger partial charge on any atom is -0.383 e. The van der Waals surface area contributed by atoms with E-state index in [2.05, 4.69) is 10.3 Å². The molecule has 1 aromatic heterocycles. The molecule has 1 N–H and O–H groups in total. The monoisotopic (exact) mass is 237 g/mol. The Balaban J connectivity index is 2.85. The van der Waals surface area contributed by atoms with Crippen LogP contribution in [-0.2, 0) is 4.74 Å². The molecule has 94 valence electrons. The molecule has 0 spiro atoms. The van der Waals surface area contributed by atoms with Gasteiger partial charge in [0.2, 0.25) is 0 Å². The highest BCUT2D eigenvalue weighted by molar-refractivity contribution is 5.98. The van der Waals surface area contributed by atoms with E-state index >= 15 is 0 Å². The Morgan fingerprint density at radius 2 is 2.35 bits per heavy atom. The molecule has 0 saturated carbocycles. The van der Waals surface area contributed by atoms with Crippen LogP contribution in [0.5, 0.6) is 0 Å². The van der Waals surface area contributed by atoms with Gasteiger partial charge in [0.1, 0.15) is 5.82 Å². The minimum absolute atomic E-state index is 0.0259. The Morgan fingerprint density at radius 3 is 2.94 bits per heavy atom. The zero-order valence-corrected chi connectivity index (χ0v) is 10.6. The number of hydrogen-bond acceptors (Lipinski definition) is 4. The molecule has 0 bridgehead atoms. The van der Waals surface area contributed by atoms with Crippen LogP contribution >= 0.6 is 0 Å². The molecule has 0 saturated heterocycles. The van der Waals surface area contributed by atoms with Crippen LogP contribution < -0.4 is 5.32 Å². The van der Waals surface area contributed by atoms with Crippen LogP contribution in [0.1, 0.15) is 17.3 Å². The normalized spacial score (nSPS) is 10.1. The average Bonchev–Trinajstić information content (AvgIpc) is 2.39. The predicted molar refractivity (Wildman–Crippen MR) is 67.2 cm³/mol. The van der Waals surface area contributed by atoms with E-state index in [1.54, 1.807) is 37.4 Å². The molecule has 0 radical (unpaired) electrons. The molecule has 0 aliphatic rings. The molecule has 1 rings (SSSR count). The molecule has 0 aromatic carbocycles. The van der Waals surface area contributed by atoms with Crippen molar-refractivity contribution in [1.82, 2.24) is 9.88 Å². The zero-order valence-electron chi connectivity index (χ0n) is 10.6. The third-order valence-corrected chi connectivity index (χ3v) is 2.51. The molecule has 0 atom stereocenters. The van der Waals surface area contributed by atoms with Gasteiger partial charge in [0.05, 0.1) is 12.2 Å². The first-order valence-electron chi connectivity index (χ1n) is 5.65. The highest BCUT2D eigenvalue weighted by atomic mass is 16.5. The van der Waals surface area contributed by atoms with Crippen molar-refractivity contribution in [1.29, 1.82) is 0 Å². The van der Waals surface area contributed by atoms with Crippen molar-refractivity contribution in [3.63, 3.8) is 0 Å². The molecule has 1 heterocycles. The highest BCUT2D eigenvalue weighted by Gasteiger charge is 2.17. The summed E-state index contributed by atoms with van der Waals surface area (Å²) in [7, 11) is 3.38. The summed E-state index contributed by atoms with van der Waals surface area (Å²) in [6.45, 7) is 3.72. The summed E-state index contributed by atoms with van der Waals surface area (Å²) in [6, 6.07) is 3.54. The van der Waals surface area contributed by atoms with Crippen molar-refractivity contribution in [2.24, 2.45) is 0 Å². The van der Waals surface area contributed by atoms with Gasteiger partial charge in [0, 0.05) is 33.4 Å². The van der Waals surface area contributed by atoms with Crippen molar-refractivity contribution in [3.05, 3.63) is 23.9 Å². The summed E-state index contributed by atoms with van der Waals surface area (Å²) in [4.78, 5) is 18.1. The van der Waals surface area contributed by atoms with Gasteiger partial charge in [0.25, 0.3) is 5.91 Å². The van der Waals surface area contributed by atoms with Gasteiger partial charge in [-0.25, -0.2) is 4.98 Å². The van der Waals surface area contributed by atoms with Crippen LogP contribution in [0.15, 0.2) is 18.3 Å². The molecule has 0 unspecified atom stereocenters. The molecule has 0 aliphatic heterocycles. The topological polar surface area (TPSA) is 54.5 Å². The van der Waals surface area contributed by atoms with Crippen LogP contribution in [0, 0.1) is 0 Å². The summed E-state index contributed by atoms with van der Waals surface area (Å²) >= 11 is 0. The number of ether oxygens (including phenoxy) is 1. The number of anilines is 1. The number of nitrogens with one attached hydrogen (secondary N) is 1. The molecule has 5 nitrogen and oxygen atoms in total. The van der Waals surface area contributed by atoms with Crippen LogP contribution in [0.3, 0.4) is 0 Å². The van der Waals surface area contributed by atoms with Crippen LogP contribution in [-0.4, -0.2) is 49.6 Å². The highest BCUT2D eigenvalue weighted by Crippen LogP contribution is 2.13. The van der Waals surface area contributed by atoms with E-state index in [0.717, 1.165) is 0 Å². The molecule has 1 amide bonds. The molecular formula is C12H19N3O2. The number of carbonyl (C=O) groups excluding carboxylic acids is 1. The largest absolute Gasteiger partial charge is 0.383 e. The van der Waals surface area contributed by atoms with Gasteiger partial charge in [0.15, 0.2) is 0 Å². The maximum Gasteiger partial charge on any atom is 0.257 e. The van der Waals surface area contributed by atoms with Crippen molar-refractivity contribution in [2.45, 2.75) is 6.92 Å². The second-order valence-electron chi connectivity index (χ2n) is 3.53. The number of pyridine rings is 1. The van der Waals surface area contributed by atoms with Crippen molar-refractivity contribution < 1.29 is 9.53 Å². The number of likely N-dealkylation sites (N-methyl/N-ethyl adjacent to an activating group) is 1. The number of aromatic nitrogens is 1. The van der Waals surface area contributed by atoms with Gasteiger partial charge in [-0.1, -0.05) is 0 Å². The Labute approximate surface area is 102 Å². The molecule has 1 aromatic rings. The summed E-state index contributed by atoms with van der Waals surface area (Å²) in [5.41, 5.74) is 0.591. The number of rotatable bonds is 6. The average molecular weight is 237 g/mol. The number of amides is 1. The summed E-state index contributed by atoms with van der Waals surface area (Å²) in [5.74, 6) is 0.579. The van der Waals surface area contributed by atoms with E-state index in [-0.39, 0.29) is 5.91 Å². The quantitative estimate of drug-likeness (QED) is 0.808. The van der Waals surface area contributed by atoms with E-state index in [1.165, 1.54) is 0 Å². The summed E-state index contributed by atoms with van der Waals surface area (Å²) in [6.07, 6.45) is 1.66. The van der Waals surface area contributed by atoms with Gasteiger partial charge in [-0.15, -0.1) is 0 Å². The molecule has 0 fully saturated rings. The maximum absolute atomic E-state index is 12.3. The van der Waals surface area contributed by atoms with Gasteiger partial charge in [-0.05, 0) is 19.1 Å². The standard InChI is InChI=1S/C12H19N3O2/c1-4-15(8-9-17-3)12(16)10-6-5-7-14-11(10)13-2/h5-7H,4,8-9H2,1-3H3,(H,13,14). The van der Waals surface area contributed by atoms with Crippen LogP contribution in [0.2, 0.25) is 0 Å². The first-order chi connectivity index (χ1) is 8.24. The predicted octanol–water partition coefficient (Wildman–Crippen LogP) is 1.23. The van der Waals surface area contributed by atoms with Gasteiger partial charge in [-0.2, -0.15) is 0 Å². The summed E-state index contributed by atoms with van der Waals surface area (Å²) in [5, 5.41) is 2.92. The lowest BCUT2D eigenvalue weighted by molar-refractivity contribution is 0.0707. The second-order valence-corrected chi connectivity index (χ2v) is 3.53. The first-order valence-corrected chi connectivity index (χ1v) is 5.65. The fraction of sp³-hybridized carbons (Fsp3) is 0.500. The lowest BCUT2D eigenvalue weighted by Gasteiger charge is -2.21. The van der Waals surface area contributed by atoms with E-state index in [0.29, 0.717) is 31.1 Å². The third-order valence-electron chi connectivity index (χ3n) is 2.51. The molecule has 0 aliphatic carbocycles. The number of carbonyl (C=O) groups is 1. The SMILES string of the molecule is CCN(CCOC)C(=O)c1cccnc1NC. The van der Waals surface area contributed by atoms with Crippen LogP contribution in [0.25, 0.3) is 0 Å². The minimum atomic E-state index is -0.0259. The Hall–Kier alpha value is -1.62. The van der Waals surface area contributed by atoms with Crippen molar-refractivity contribution in [2.75, 3.05) is 39.2 Å². The van der Waals surface area contributed by atoms with E-state index in [1.807, 2.05) is 6.92 Å². The van der Waals surface area contributed by atoms with E-state index in [9.17, 15) is 4.79 Å². The Kier molecular flexibility index (Phi) is 5.42. The smallest absolute Gasteiger partial charge is 0.257 e. The second kappa shape index (κ2) is 6.85. The van der Waals surface area contributed by atoms with Gasteiger partial charge in [-0.3, -0.25) is 4.79 Å². The first kappa shape index (κ1) is 13.4. The third kappa shape index (κ3) is 3.42. The maximum atomic E-state index is 12.3. The number of hydrogen-bond donors (Lipinski definition) is 1. The molecular weight excluding hydrogens is 218 g/mol. The number of methoxy groups -OCH3 is 1. The van der Waals surface area contributed by atoms with Crippen molar-refractivity contribution in [3.8, 4) is 0 Å². The van der Waals surface area contributed by atoms with Crippen molar-refractivity contribution >= 4 is 11.7 Å². The summed E-state index contributed by atoms with van der Waals surface area (Å²) < 4.78 is 4.99. The molecule has 17 heavy (non-hydrogen) atoms.